The van der Waals surface area contributed by atoms with Crippen molar-refractivity contribution in [1.29, 1.82) is 0 Å². The molecule has 1 aliphatic rings. The summed E-state index contributed by atoms with van der Waals surface area (Å²) >= 11 is 4.46. The summed E-state index contributed by atoms with van der Waals surface area (Å²) in [5, 5.41) is 16.2. The van der Waals surface area contributed by atoms with E-state index in [0.717, 1.165) is 37.1 Å². The van der Waals surface area contributed by atoms with Crippen LogP contribution in [0, 0.1) is 0 Å². The normalized spacial score (nSPS) is 13.0. The number of anilines is 1. The highest BCUT2D eigenvalue weighted by atomic mass is 32.2. The maximum atomic E-state index is 12.8. The van der Waals surface area contributed by atoms with E-state index in [9.17, 15) is 9.59 Å². The van der Waals surface area contributed by atoms with Crippen molar-refractivity contribution in [3.8, 4) is 0 Å². The van der Waals surface area contributed by atoms with Gasteiger partial charge in [-0.15, -0.1) is 27.8 Å². The van der Waals surface area contributed by atoms with Gasteiger partial charge < -0.3 is 15.4 Å². The van der Waals surface area contributed by atoms with E-state index in [2.05, 4.69) is 31.9 Å². The van der Waals surface area contributed by atoms with Crippen LogP contribution in [0.15, 0.2) is 22.7 Å². The number of thioether (sulfide) groups is 1. The number of H-pyrrole nitrogens is 1. The number of fused-ring (bicyclic) bond motifs is 1. The number of carbonyl (C=O) groups is 2. The van der Waals surface area contributed by atoms with Crippen molar-refractivity contribution in [2.75, 3.05) is 31.3 Å². The highest BCUT2D eigenvalue weighted by Gasteiger charge is 2.26. The van der Waals surface area contributed by atoms with E-state index in [1.54, 1.807) is 18.4 Å². The fraction of sp³-hybridized carbons (Fsp3) is 0.429. The van der Waals surface area contributed by atoms with E-state index in [4.69, 9.17) is 4.74 Å². The van der Waals surface area contributed by atoms with Gasteiger partial charge >= 0.3 is 0 Å². The largest absolute Gasteiger partial charge is 0.383 e. The molecule has 0 bridgehead atoms. The number of hydrogen-bond donors (Lipinski definition) is 3. The number of nitrogens with one attached hydrogen (secondary N) is 3. The Morgan fingerprint density at radius 2 is 2.19 bits per heavy atom. The molecule has 3 heterocycles. The second kappa shape index (κ2) is 11.1. The van der Waals surface area contributed by atoms with Gasteiger partial charge in [-0.2, -0.15) is 0 Å². The van der Waals surface area contributed by atoms with Gasteiger partial charge in [0, 0.05) is 29.8 Å². The maximum absolute atomic E-state index is 12.8. The molecule has 0 spiro atoms. The van der Waals surface area contributed by atoms with Crippen LogP contribution in [0.4, 0.5) is 5.00 Å². The smallest absolute Gasteiger partial charge is 0.254 e. The van der Waals surface area contributed by atoms with Crippen LogP contribution in [0.25, 0.3) is 0 Å². The molecule has 11 heteroatoms. The van der Waals surface area contributed by atoms with Crippen LogP contribution < -0.4 is 10.6 Å². The lowest BCUT2D eigenvalue weighted by Gasteiger charge is -2.13. The first kappa shape index (κ1) is 23.0. The SMILES string of the molecule is COCCNC(=O)c1c(NC(=O)CSc2n[nH]c(Cc3cccs3)n2)sc2c1CCCC2. The number of carbonyl (C=O) groups excluding carboxylic acids is 2. The zero-order chi connectivity index (χ0) is 22.3. The molecule has 3 N–H and O–H groups in total. The molecule has 0 unspecified atom stereocenters. The van der Waals surface area contributed by atoms with Crippen molar-refractivity contribution in [1.82, 2.24) is 20.5 Å². The van der Waals surface area contributed by atoms with Gasteiger partial charge in [0.25, 0.3) is 5.91 Å². The Morgan fingerprint density at radius 3 is 3.00 bits per heavy atom. The molecule has 8 nitrogen and oxygen atoms in total. The molecular formula is C21H25N5O3S3. The van der Waals surface area contributed by atoms with Gasteiger partial charge in [0.15, 0.2) is 0 Å². The predicted octanol–water partition coefficient (Wildman–Crippen LogP) is 3.50. The molecule has 0 fully saturated rings. The summed E-state index contributed by atoms with van der Waals surface area (Å²) < 4.78 is 5.02. The van der Waals surface area contributed by atoms with Gasteiger partial charge in [-0.05, 0) is 42.7 Å². The Bertz CT molecular complexity index is 1060. The number of aryl methyl sites for hydroxylation is 1. The number of amides is 2. The monoisotopic (exact) mass is 491 g/mol. The fourth-order valence-corrected chi connectivity index (χ4v) is 6.17. The molecule has 1 aliphatic carbocycles. The van der Waals surface area contributed by atoms with E-state index in [1.165, 1.54) is 32.9 Å². The van der Waals surface area contributed by atoms with E-state index in [1.807, 2.05) is 11.4 Å². The maximum Gasteiger partial charge on any atom is 0.254 e. The zero-order valence-electron chi connectivity index (χ0n) is 17.7. The van der Waals surface area contributed by atoms with Crippen molar-refractivity contribution < 1.29 is 14.3 Å². The summed E-state index contributed by atoms with van der Waals surface area (Å²) in [6.07, 6.45) is 4.69. The number of rotatable bonds is 10. The zero-order valence-corrected chi connectivity index (χ0v) is 20.2. The minimum Gasteiger partial charge on any atom is -0.383 e. The first-order valence-electron chi connectivity index (χ1n) is 10.4. The summed E-state index contributed by atoms with van der Waals surface area (Å²) in [5.74, 6) is 0.612. The Labute approximate surface area is 198 Å². The summed E-state index contributed by atoms with van der Waals surface area (Å²) in [6.45, 7) is 0.878. The highest BCUT2D eigenvalue weighted by molar-refractivity contribution is 7.99. The second-order valence-corrected chi connectivity index (χ2v) is 10.4. The van der Waals surface area contributed by atoms with Gasteiger partial charge in [-0.1, -0.05) is 17.8 Å². The first-order chi connectivity index (χ1) is 15.6. The highest BCUT2D eigenvalue weighted by Crippen LogP contribution is 2.38. The molecule has 3 aromatic rings. The van der Waals surface area contributed by atoms with Crippen molar-refractivity contribution in [2.45, 2.75) is 37.3 Å². The average molecular weight is 492 g/mol. The van der Waals surface area contributed by atoms with Crippen LogP contribution in [-0.4, -0.2) is 53.0 Å². The number of thiophene rings is 2. The molecule has 0 aliphatic heterocycles. The van der Waals surface area contributed by atoms with Gasteiger partial charge in [0.1, 0.15) is 10.8 Å². The molecule has 2 amide bonds. The summed E-state index contributed by atoms with van der Waals surface area (Å²) in [6, 6.07) is 4.06. The van der Waals surface area contributed by atoms with Crippen molar-refractivity contribution in [3.05, 3.63) is 44.2 Å². The van der Waals surface area contributed by atoms with Gasteiger partial charge in [0.2, 0.25) is 11.1 Å². The van der Waals surface area contributed by atoms with Gasteiger partial charge in [-0.25, -0.2) is 4.98 Å². The lowest BCUT2D eigenvalue weighted by molar-refractivity contribution is -0.113. The third-order valence-corrected chi connectivity index (χ3v) is 7.94. The Balaban J connectivity index is 1.38. The van der Waals surface area contributed by atoms with Crippen molar-refractivity contribution >= 4 is 51.3 Å². The topological polar surface area (TPSA) is 109 Å². The van der Waals surface area contributed by atoms with Crippen LogP contribution in [0.1, 0.15) is 44.3 Å². The van der Waals surface area contributed by atoms with Gasteiger partial charge in [0.05, 0.1) is 17.9 Å². The quantitative estimate of drug-likeness (QED) is 0.296. The van der Waals surface area contributed by atoms with Crippen LogP contribution in [0.3, 0.4) is 0 Å². The third kappa shape index (κ3) is 5.77. The molecule has 0 saturated heterocycles. The molecule has 3 aromatic heterocycles. The second-order valence-electron chi connectivity index (χ2n) is 7.32. The molecule has 0 aromatic carbocycles. The van der Waals surface area contributed by atoms with E-state index in [0.29, 0.717) is 35.3 Å². The molecule has 0 saturated carbocycles. The molecule has 4 rings (SSSR count). The van der Waals surface area contributed by atoms with Gasteiger partial charge in [-0.3, -0.25) is 14.7 Å². The third-order valence-electron chi connectivity index (χ3n) is 5.01. The minimum atomic E-state index is -0.177. The number of nitrogens with zero attached hydrogens (tertiary/aromatic N) is 2. The molecule has 32 heavy (non-hydrogen) atoms. The van der Waals surface area contributed by atoms with Crippen molar-refractivity contribution in [3.63, 3.8) is 0 Å². The Kier molecular flexibility index (Phi) is 7.95. The predicted molar refractivity (Wildman–Crippen MR) is 128 cm³/mol. The number of aromatic amines is 1. The fourth-order valence-electron chi connectivity index (χ4n) is 3.54. The lowest BCUT2D eigenvalue weighted by atomic mass is 9.95. The summed E-state index contributed by atoms with van der Waals surface area (Å²) in [7, 11) is 1.60. The Hall–Kier alpha value is -2.21. The van der Waals surface area contributed by atoms with Crippen LogP contribution in [0.2, 0.25) is 0 Å². The number of methoxy groups -OCH3 is 1. The van der Waals surface area contributed by atoms with Crippen molar-refractivity contribution in [2.24, 2.45) is 0 Å². The number of hydrogen-bond acceptors (Lipinski definition) is 8. The molecule has 170 valence electrons. The Morgan fingerprint density at radius 1 is 1.31 bits per heavy atom. The molecule has 0 radical (unpaired) electrons. The van der Waals surface area contributed by atoms with Crippen LogP contribution in [0.5, 0.6) is 0 Å². The summed E-state index contributed by atoms with van der Waals surface area (Å²) in [5.41, 5.74) is 1.68. The number of aromatic nitrogens is 3. The van der Waals surface area contributed by atoms with E-state index in [-0.39, 0.29) is 17.6 Å². The van der Waals surface area contributed by atoms with E-state index < -0.39 is 0 Å². The molecule has 0 atom stereocenters. The van der Waals surface area contributed by atoms with Crippen LogP contribution >= 0.6 is 34.4 Å². The van der Waals surface area contributed by atoms with E-state index >= 15 is 0 Å². The standard InChI is InChI=1S/C21H25N5O3S3/c1-29-9-8-22-19(28)18-14-6-2-3-7-15(14)32-20(18)24-17(27)12-31-21-23-16(25-26-21)11-13-5-4-10-30-13/h4-5,10H,2-3,6-9,11-12H2,1H3,(H,22,28)(H,24,27)(H,23,25,26). The number of ether oxygens (including phenoxy) is 1. The van der Waals surface area contributed by atoms with Crippen LogP contribution in [-0.2, 0) is 28.8 Å². The minimum absolute atomic E-state index is 0.156. The molecular weight excluding hydrogens is 466 g/mol. The lowest BCUT2D eigenvalue weighted by Crippen LogP contribution is -2.29. The first-order valence-corrected chi connectivity index (χ1v) is 13.1. The average Bonchev–Trinajstić information content (AvgIpc) is 3.53. The summed E-state index contributed by atoms with van der Waals surface area (Å²) in [4.78, 5) is 32.3.